The van der Waals surface area contributed by atoms with Crippen LogP contribution in [-0.4, -0.2) is 37.0 Å². The third-order valence-electron chi connectivity index (χ3n) is 3.54. The third-order valence-corrected chi connectivity index (χ3v) is 3.54. The molecule has 4 heteroatoms. The number of hydrogen-bond acceptors (Lipinski definition) is 2. The Kier molecular flexibility index (Phi) is 3.97. The summed E-state index contributed by atoms with van der Waals surface area (Å²) in [6, 6.07) is 4.97. The Balaban J connectivity index is 1.97. The highest BCUT2D eigenvalue weighted by molar-refractivity contribution is 5.94. The van der Waals surface area contributed by atoms with Crippen molar-refractivity contribution in [2.45, 2.75) is 25.8 Å². The Bertz CT molecular complexity index is 447. The molecule has 3 nitrogen and oxygen atoms in total. The molecule has 0 bridgehead atoms. The van der Waals surface area contributed by atoms with Crippen molar-refractivity contribution in [3.05, 3.63) is 35.1 Å². The van der Waals surface area contributed by atoms with Crippen LogP contribution in [0.3, 0.4) is 0 Å². The first-order valence-electron chi connectivity index (χ1n) is 6.32. The van der Waals surface area contributed by atoms with Gasteiger partial charge in [-0.1, -0.05) is 11.6 Å². The van der Waals surface area contributed by atoms with Crippen molar-refractivity contribution >= 4 is 5.91 Å². The first kappa shape index (κ1) is 13.0. The van der Waals surface area contributed by atoms with Gasteiger partial charge >= 0.3 is 0 Å². The van der Waals surface area contributed by atoms with E-state index in [1.54, 1.807) is 12.1 Å². The van der Waals surface area contributed by atoms with Crippen molar-refractivity contribution in [1.82, 2.24) is 10.2 Å². The maximum absolute atomic E-state index is 13.5. The van der Waals surface area contributed by atoms with Gasteiger partial charge in [0, 0.05) is 12.6 Å². The lowest BCUT2D eigenvalue weighted by molar-refractivity contribution is 0.0939. The van der Waals surface area contributed by atoms with Crippen LogP contribution in [-0.2, 0) is 0 Å². The molecule has 1 saturated heterocycles. The zero-order valence-corrected chi connectivity index (χ0v) is 10.9. The van der Waals surface area contributed by atoms with E-state index in [4.69, 9.17) is 0 Å². The predicted molar refractivity (Wildman–Crippen MR) is 69.1 cm³/mol. The number of likely N-dealkylation sites (tertiary alicyclic amines) is 1. The molecule has 2 rings (SSSR count). The number of benzene rings is 1. The van der Waals surface area contributed by atoms with Crippen LogP contribution in [0, 0.1) is 12.7 Å². The molecule has 0 aliphatic carbocycles. The smallest absolute Gasteiger partial charge is 0.254 e. The summed E-state index contributed by atoms with van der Waals surface area (Å²) in [6.45, 7) is 3.50. The van der Waals surface area contributed by atoms with Crippen molar-refractivity contribution < 1.29 is 9.18 Å². The number of likely N-dealkylation sites (N-methyl/N-ethyl adjacent to an activating group) is 1. The van der Waals surface area contributed by atoms with Gasteiger partial charge in [-0.2, -0.15) is 0 Å². The van der Waals surface area contributed by atoms with Crippen molar-refractivity contribution in [3.8, 4) is 0 Å². The second-order valence-corrected chi connectivity index (χ2v) is 4.97. The number of amides is 1. The fourth-order valence-electron chi connectivity index (χ4n) is 2.36. The Labute approximate surface area is 107 Å². The molecular formula is C14H19FN2O. The zero-order valence-electron chi connectivity index (χ0n) is 10.9. The van der Waals surface area contributed by atoms with E-state index in [2.05, 4.69) is 17.3 Å². The van der Waals surface area contributed by atoms with Crippen LogP contribution in [0.15, 0.2) is 18.2 Å². The van der Waals surface area contributed by atoms with Gasteiger partial charge in [0.2, 0.25) is 0 Å². The van der Waals surface area contributed by atoms with Gasteiger partial charge in [0.25, 0.3) is 5.91 Å². The SMILES string of the molecule is Cc1ccc(F)c(C(=O)NCC2CCCN2C)c1. The normalized spacial score (nSPS) is 20.1. The average molecular weight is 250 g/mol. The van der Waals surface area contributed by atoms with Crippen LogP contribution in [0.25, 0.3) is 0 Å². The molecule has 1 N–H and O–H groups in total. The number of halogens is 1. The summed E-state index contributed by atoms with van der Waals surface area (Å²) in [6.07, 6.45) is 2.25. The highest BCUT2D eigenvalue weighted by Gasteiger charge is 2.21. The van der Waals surface area contributed by atoms with Crippen molar-refractivity contribution in [2.24, 2.45) is 0 Å². The molecule has 1 unspecified atom stereocenters. The summed E-state index contributed by atoms with van der Waals surface area (Å²) in [5.41, 5.74) is 1.02. The average Bonchev–Trinajstić information content (AvgIpc) is 2.75. The fraction of sp³-hybridized carbons (Fsp3) is 0.500. The lowest BCUT2D eigenvalue weighted by Gasteiger charge is -2.19. The molecule has 1 aromatic carbocycles. The maximum atomic E-state index is 13.5. The zero-order chi connectivity index (χ0) is 13.1. The highest BCUT2D eigenvalue weighted by Crippen LogP contribution is 2.14. The molecule has 1 aromatic rings. The van der Waals surface area contributed by atoms with Crippen LogP contribution in [0.1, 0.15) is 28.8 Å². The lowest BCUT2D eigenvalue weighted by Crippen LogP contribution is -2.38. The molecular weight excluding hydrogens is 231 g/mol. The molecule has 18 heavy (non-hydrogen) atoms. The Morgan fingerprint density at radius 1 is 1.56 bits per heavy atom. The summed E-state index contributed by atoms with van der Waals surface area (Å²) >= 11 is 0. The van der Waals surface area contributed by atoms with E-state index in [0.717, 1.165) is 24.9 Å². The van der Waals surface area contributed by atoms with Crippen LogP contribution in [0.5, 0.6) is 0 Å². The van der Waals surface area contributed by atoms with E-state index in [0.29, 0.717) is 12.6 Å². The Hall–Kier alpha value is -1.42. The van der Waals surface area contributed by atoms with Gasteiger partial charge in [-0.05, 0) is 45.5 Å². The topological polar surface area (TPSA) is 32.3 Å². The molecule has 1 aliphatic rings. The number of carbonyl (C=O) groups is 1. The first-order valence-corrected chi connectivity index (χ1v) is 6.32. The van der Waals surface area contributed by atoms with Crippen molar-refractivity contribution in [1.29, 1.82) is 0 Å². The lowest BCUT2D eigenvalue weighted by atomic mass is 10.1. The molecule has 1 aliphatic heterocycles. The summed E-state index contributed by atoms with van der Waals surface area (Å²) in [7, 11) is 2.05. The minimum atomic E-state index is -0.460. The molecule has 0 aromatic heterocycles. The number of aryl methyl sites for hydroxylation is 1. The van der Waals surface area contributed by atoms with Crippen LogP contribution in [0.4, 0.5) is 4.39 Å². The van der Waals surface area contributed by atoms with Crippen LogP contribution < -0.4 is 5.32 Å². The second-order valence-electron chi connectivity index (χ2n) is 4.97. The van der Waals surface area contributed by atoms with Gasteiger partial charge in [0.15, 0.2) is 0 Å². The van der Waals surface area contributed by atoms with Gasteiger partial charge in [-0.15, -0.1) is 0 Å². The maximum Gasteiger partial charge on any atom is 0.254 e. The van der Waals surface area contributed by atoms with Gasteiger partial charge in [0.1, 0.15) is 5.82 Å². The predicted octanol–water partition coefficient (Wildman–Crippen LogP) is 1.96. The van der Waals surface area contributed by atoms with Crippen LogP contribution in [0.2, 0.25) is 0 Å². The molecule has 1 fully saturated rings. The summed E-state index contributed by atoms with van der Waals surface area (Å²) in [4.78, 5) is 14.1. The Morgan fingerprint density at radius 3 is 3.00 bits per heavy atom. The highest BCUT2D eigenvalue weighted by atomic mass is 19.1. The molecule has 1 atom stereocenters. The van der Waals surface area contributed by atoms with E-state index in [1.165, 1.54) is 6.07 Å². The molecule has 1 heterocycles. The molecule has 0 saturated carbocycles. The summed E-state index contributed by atoms with van der Waals surface area (Å²) in [5, 5.41) is 2.82. The minimum absolute atomic E-state index is 0.135. The van der Waals surface area contributed by atoms with Crippen molar-refractivity contribution in [3.63, 3.8) is 0 Å². The monoisotopic (exact) mass is 250 g/mol. The minimum Gasteiger partial charge on any atom is -0.350 e. The summed E-state index contributed by atoms with van der Waals surface area (Å²) < 4.78 is 13.5. The second kappa shape index (κ2) is 5.48. The van der Waals surface area contributed by atoms with E-state index < -0.39 is 5.82 Å². The number of nitrogens with one attached hydrogen (secondary N) is 1. The van der Waals surface area contributed by atoms with E-state index in [1.807, 2.05) is 6.92 Å². The molecule has 1 amide bonds. The van der Waals surface area contributed by atoms with E-state index in [-0.39, 0.29) is 11.5 Å². The van der Waals surface area contributed by atoms with Gasteiger partial charge < -0.3 is 10.2 Å². The molecule has 0 spiro atoms. The first-order chi connectivity index (χ1) is 8.58. The van der Waals surface area contributed by atoms with Gasteiger partial charge in [-0.3, -0.25) is 4.79 Å². The number of rotatable bonds is 3. The van der Waals surface area contributed by atoms with Crippen molar-refractivity contribution in [2.75, 3.05) is 20.1 Å². The molecule has 0 radical (unpaired) electrons. The molecule has 98 valence electrons. The third kappa shape index (κ3) is 2.88. The van der Waals surface area contributed by atoms with E-state index in [9.17, 15) is 9.18 Å². The Morgan fingerprint density at radius 2 is 2.33 bits per heavy atom. The largest absolute Gasteiger partial charge is 0.350 e. The standard InChI is InChI=1S/C14H19FN2O/c1-10-5-6-13(15)12(8-10)14(18)16-9-11-4-3-7-17(11)2/h5-6,8,11H,3-4,7,9H2,1-2H3,(H,16,18). The van der Waals surface area contributed by atoms with E-state index >= 15 is 0 Å². The van der Waals surface area contributed by atoms with Crippen LogP contribution >= 0.6 is 0 Å². The number of nitrogens with zero attached hydrogens (tertiary/aromatic N) is 1. The number of hydrogen-bond donors (Lipinski definition) is 1. The fourth-order valence-corrected chi connectivity index (χ4v) is 2.36. The summed E-state index contributed by atoms with van der Waals surface area (Å²) in [5.74, 6) is -0.783. The number of carbonyl (C=O) groups excluding carboxylic acids is 1. The quantitative estimate of drug-likeness (QED) is 0.889. The van der Waals surface area contributed by atoms with Gasteiger partial charge in [0.05, 0.1) is 5.56 Å². The van der Waals surface area contributed by atoms with Gasteiger partial charge in [-0.25, -0.2) is 4.39 Å².